The molecule has 0 aromatic heterocycles. The van der Waals surface area contributed by atoms with E-state index in [0.29, 0.717) is 5.56 Å². The average Bonchev–Trinajstić information content (AvgIpc) is 2.51. The van der Waals surface area contributed by atoms with Crippen molar-refractivity contribution in [2.24, 2.45) is 0 Å². The van der Waals surface area contributed by atoms with Crippen molar-refractivity contribution in [2.45, 2.75) is 6.61 Å². The molecule has 0 aliphatic heterocycles. The summed E-state index contributed by atoms with van der Waals surface area (Å²) in [6.45, 7) is -0.505. The number of halogens is 2. The number of carbonyl (C=O) groups is 2. The SMILES string of the molecule is O=C(CNC(=O)c1ccccc1F)OCc1cccc(F)c1. The zero-order valence-corrected chi connectivity index (χ0v) is 11.5. The summed E-state index contributed by atoms with van der Waals surface area (Å²) >= 11 is 0. The van der Waals surface area contributed by atoms with Crippen LogP contribution in [0, 0.1) is 11.6 Å². The molecule has 1 N–H and O–H groups in total. The molecule has 1 amide bonds. The lowest BCUT2D eigenvalue weighted by Gasteiger charge is -2.07. The Morgan fingerprint density at radius 2 is 1.82 bits per heavy atom. The van der Waals surface area contributed by atoms with Crippen molar-refractivity contribution in [1.82, 2.24) is 5.32 Å². The molecule has 0 atom stereocenters. The number of hydrogen-bond acceptors (Lipinski definition) is 3. The molecule has 6 heteroatoms. The van der Waals surface area contributed by atoms with Crippen LogP contribution >= 0.6 is 0 Å². The maximum atomic E-state index is 13.4. The van der Waals surface area contributed by atoms with Gasteiger partial charge in [-0.25, -0.2) is 8.78 Å². The van der Waals surface area contributed by atoms with Gasteiger partial charge >= 0.3 is 5.97 Å². The van der Waals surface area contributed by atoms with Gasteiger partial charge in [0, 0.05) is 0 Å². The number of benzene rings is 2. The highest BCUT2D eigenvalue weighted by molar-refractivity contribution is 5.96. The number of ether oxygens (including phenoxy) is 1. The second-order valence-corrected chi connectivity index (χ2v) is 4.45. The van der Waals surface area contributed by atoms with Gasteiger partial charge in [-0.1, -0.05) is 24.3 Å². The third-order valence-corrected chi connectivity index (χ3v) is 2.80. The Balaban J connectivity index is 1.81. The standard InChI is InChI=1S/C16H13F2NO3/c17-12-5-3-4-11(8-12)10-22-15(20)9-19-16(21)13-6-1-2-7-14(13)18/h1-8H,9-10H2,(H,19,21). The first-order chi connectivity index (χ1) is 10.6. The number of rotatable bonds is 5. The van der Waals surface area contributed by atoms with Crippen molar-refractivity contribution in [3.8, 4) is 0 Å². The Bertz CT molecular complexity index is 689. The van der Waals surface area contributed by atoms with Crippen LogP contribution in [0.1, 0.15) is 15.9 Å². The summed E-state index contributed by atoms with van der Waals surface area (Å²) in [5.74, 6) is -2.51. The van der Waals surface area contributed by atoms with Gasteiger partial charge in [0.05, 0.1) is 5.56 Å². The smallest absolute Gasteiger partial charge is 0.325 e. The summed E-state index contributed by atoms with van der Waals surface area (Å²) in [5, 5.41) is 2.26. The molecule has 0 unspecified atom stereocenters. The summed E-state index contributed by atoms with van der Waals surface area (Å²) < 4.78 is 31.2. The lowest BCUT2D eigenvalue weighted by atomic mass is 10.2. The van der Waals surface area contributed by atoms with Gasteiger partial charge in [0.25, 0.3) is 5.91 Å². The highest BCUT2D eigenvalue weighted by Gasteiger charge is 2.12. The molecule has 0 saturated carbocycles. The van der Waals surface area contributed by atoms with Gasteiger partial charge in [-0.3, -0.25) is 9.59 Å². The van der Waals surface area contributed by atoms with Crippen LogP contribution in [0.2, 0.25) is 0 Å². The average molecular weight is 305 g/mol. The molecule has 2 rings (SSSR count). The Hall–Kier alpha value is -2.76. The molecule has 0 bridgehead atoms. The number of nitrogens with one attached hydrogen (secondary N) is 1. The largest absolute Gasteiger partial charge is 0.460 e. The summed E-state index contributed by atoms with van der Waals surface area (Å²) in [5.41, 5.74) is 0.342. The van der Waals surface area contributed by atoms with Gasteiger partial charge in [0.15, 0.2) is 0 Å². The van der Waals surface area contributed by atoms with E-state index in [-0.39, 0.29) is 12.2 Å². The number of carbonyl (C=O) groups excluding carboxylic acids is 2. The van der Waals surface area contributed by atoms with Crippen LogP contribution in [-0.2, 0) is 16.1 Å². The minimum absolute atomic E-state index is 0.105. The molecule has 4 nitrogen and oxygen atoms in total. The molecule has 2 aromatic rings. The molecule has 0 heterocycles. The van der Waals surface area contributed by atoms with Gasteiger partial charge in [-0.2, -0.15) is 0 Å². The highest BCUT2D eigenvalue weighted by atomic mass is 19.1. The summed E-state index contributed by atoms with van der Waals surface area (Å²) in [6, 6.07) is 11.1. The maximum absolute atomic E-state index is 13.4. The summed E-state index contributed by atoms with van der Waals surface area (Å²) in [6.07, 6.45) is 0. The lowest BCUT2D eigenvalue weighted by molar-refractivity contribution is -0.143. The van der Waals surface area contributed by atoms with Crippen LogP contribution in [0.3, 0.4) is 0 Å². The molecule has 0 fully saturated rings. The minimum Gasteiger partial charge on any atom is -0.460 e. The van der Waals surface area contributed by atoms with Crippen molar-refractivity contribution in [3.63, 3.8) is 0 Å². The fourth-order valence-corrected chi connectivity index (χ4v) is 1.73. The van der Waals surface area contributed by atoms with Crippen LogP contribution in [0.4, 0.5) is 8.78 Å². The molecule has 0 radical (unpaired) electrons. The molecule has 0 aliphatic carbocycles. The number of amides is 1. The molecule has 22 heavy (non-hydrogen) atoms. The molecule has 0 saturated heterocycles. The molecular weight excluding hydrogens is 292 g/mol. The predicted molar refractivity (Wildman–Crippen MR) is 74.9 cm³/mol. The lowest BCUT2D eigenvalue weighted by Crippen LogP contribution is -2.31. The van der Waals surface area contributed by atoms with Crippen molar-refractivity contribution < 1.29 is 23.1 Å². The fourth-order valence-electron chi connectivity index (χ4n) is 1.73. The van der Waals surface area contributed by atoms with Crippen LogP contribution < -0.4 is 5.32 Å². The Kier molecular flexibility index (Phi) is 5.19. The minimum atomic E-state index is -0.708. The Labute approximate surface area is 125 Å². The third-order valence-electron chi connectivity index (χ3n) is 2.80. The second-order valence-electron chi connectivity index (χ2n) is 4.45. The molecule has 2 aromatic carbocycles. The monoisotopic (exact) mass is 305 g/mol. The fraction of sp³-hybridized carbons (Fsp3) is 0.125. The van der Waals surface area contributed by atoms with Crippen molar-refractivity contribution in [1.29, 1.82) is 0 Å². The quantitative estimate of drug-likeness (QED) is 0.863. The van der Waals surface area contributed by atoms with E-state index in [1.54, 1.807) is 6.07 Å². The maximum Gasteiger partial charge on any atom is 0.325 e. The van der Waals surface area contributed by atoms with Gasteiger partial charge in [-0.05, 0) is 29.8 Å². The molecule has 114 valence electrons. The van der Waals surface area contributed by atoms with E-state index < -0.39 is 30.1 Å². The van der Waals surface area contributed by atoms with Crippen molar-refractivity contribution >= 4 is 11.9 Å². The Morgan fingerprint density at radius 3 is 2.55 bits per heavy atom. The first-order valence-corrected chi connectivity index (χ1v) is 6.49. The van der Waals surface area contributed by atoms with E-state index in [0.717, 1.165) is 6.07 Å². The van der Waals surface area contributed by atoms with Crippen LogP contribution in [0.15, 0.2) is 48.5 Å². The Morgan fingerprint density at radius 1 is 1.05 bits per heavy atom. The normalized spacial score (nSPS) is 10.1. The summed E-state index contributed by atoms with van der Waals surface area (Å²) in [7, 11) is 0. The van der Waals surface area contributed by atoms with Gasteiger partial charge in [0.1, 0.15) is 24.8 Å². The zero-order chi connectivity index (χ0) is 15.9. The first kappa shape index (κ1) is 15.6. The molecule has 0 aliphatic rings. The number of esters is 1. The van der Waals surface area contributed by atoms with E-state index in [4.69, 9.17) is 4.74 Å². The van der Waals surface area contributed by atoms with Crippen LogP contribution in [0.25, 0.3) is 0 Å². The highest BCUT2D eigenvalue weighted by Crippen LogP contribution is 2.06. The second kappa shape index (κ2) is 7.31. The van der Waals surface area contributed by atoms with E-state index in [2.05, 4.69) is 5.32 Å². The predicted octanol–water partition coefficient (Wildman–Crippen LogP) is 2.44. The van der Waals surface area contributed by atoms with Crippen LogP contribution in [0.5, 0.6) is 0 Å². The van der Waals surface area contributed by atoms with E-state index >= 15 is 0 Å². The van der Waals surface area contributed by atoms with Crippen LogP contribution in [-0.4, -0.2) is 18.4 Å². The van der Waals surface area contributed by atoms with Gasteiger partial charge in [-0.15, -0.1) is 0 Å². The molecule has 0 spiro atoms. The number of hydrogen-bond donors (Lipinski definition) is 1. The van der Waals surface area contributed by atoms with Crippen molar-refractivity contribution in [3.05, 3.63) is 71.3 Å². The van der Waals surface area contributed by atoms with E-state index in [1.165, 1.54) is 36.4 Å². The van der Waals surface area contributed by atoms with Gasteiger partial charge in [0.2, 0.25) is 0 Å². The zero-order valence-electron chi connectivity index (χ0n) is 11.5. The van der Waals surface area contributed by atoms with E-state index in [1.807, 2.05) is 0 Å². The van der Waals surface area contributed by atoms with Gasteiger partial charge < -0.3 is 10.1 Å². The topological polar surface area (TPSA) is 55.4 Å². The molecular formula is C16H13F2NO3. The first-order valence-electron chi connectivity index (χ1n) is 6.49. The van der Waals surface area contributed by atoms with E-state index in [9.17, 15) is 18.4 Å². The van der Waals surface area contributed by atoms with Crippen molar-refractivity contribution in [2.75, 3.05) is 6.54 Å². The third kappa shape index (κ3) is 4.37. The summed E-state index contributed by atoms with van der Waals surface area (Å²) in [4.78, 5) is 23.2.